The van der Waals surface area contributed by atoms with E-state index < -0.39 is 6.04 Å². The number of fused-ring (bicyclic) bond motifs is 1. The maximum absolute atomic E-state index is 11.9. The number of nitrogens with zero attached hydrogens (tertiary/aromatic N) is 1. The molecule has 0 radical (unpaired) electrons. The number of hydrogen-bond acceptors (Lipinski definition) is 3. The quantitative estimate of drug-likeness (QED) is 0.776. The van der Waals surface area contributed by atoms with Crippen molar-refractivity contribution in [2.24, 2.45) is 0 Å². The summed E-state index contributed by atoms with van der Waals surface area (Å²) in [6.07, 6.45) is 0.772. The first kappa shape index (κ1) is 12.1. The molecule has 0 spiro atoms. The van der Waals surface area contributed by atoms with Crippen LogP contribution in [-0.4, -0.2) is 18.4 Å². The lowest BCUT2D eigenvalue weighted by Crippen LogP contribution is -2.29. The topological polar surface area (TPSA) is 82.0 Å². The van der Waals surface area contributed by atoms with E-state index in [9.17, 15) is 9.59 Å². The van der Waals surface area contributed by atoms with Crippen molar-refractivity contribution in [3.63, 3.8) is 0 Å². The Hall–Kier alpha value is -2.35. The van der Waals surface area contributed by atoms with Crippen LogP contribution in [0.4, 0.5) is 5.69 Å². The Morgan fingerprint density at radius 1 is 1.61 bits per heavy atom. The summed E-state index contributed by atoms with van der Waals surface area (Å²) in [7, 11) is 0. The van der Waals surface area contributed by atoms with Crippen LogP contribution >= 0.6 is 0 Å². The van der Waals surface area contributed by atoms with Crippen LogP contribution in [0.5, 0.6) is 0 Å². The third-order valence-electron chi connectivity index (χ3n) is 3.06. The Bertz CT molecular complexity index is 534. The molecule has 2 amide bonds. The molecule has 5 nitrogen and oxygen atoms in total. The van der Waals surface area contributed by atoms with Crippen molar-refractivity contribution in [3.05, 3.63) is 29.3 Å². The third kappa shape index (κ3) is 2.18. The lowest BCUT2D eigenvalue weighted by atomic mass is 9.93. The number of nitriles is 1. The summed E-state index contributed by atoms with van der Waals surface area (Å²) in [5, 5.41) is 14.1. The molecule has 18 heavy (non-hydrogen) atoms. The van der Waals surface area contributed by atoms with Crippen LogP contribution in [0.1, 0.15) is 23.5 Å². The summed E-state index contributed by atoms with van der Waals surface area (Å²) in [4.78, 5) is 22.2. The second kappa shape index (κ2) is 4.88. The Balaban J connectivity index is 2.23. The van der Waals surface area contributed by atoms with Crippen LogP contribution < -0.4 is 10.6 Å². The Labute approximate surface area is 105 Å². The van der Waals surface area contributed by atoms with Crippen molar-refractivity contribution in [3.8, 4) is 6.07 Å². The van der Waals surface area contributed by atoms with E-state index in [1.807, 2.05) is 31.2 Å². The molecule has 2 N–H and O–H groups in total. The van der Waals surface area contributed by atoms with Crippen LogP contribution in [0.2, 0.25) is 0 Å². The van der Waals surface area contributed by atoms with Gasteiger partial charge in [-0.2, -0.15) is 5.26 Å². The molecule has 0 fully saturated rings. The SMILES string of the molecule is Cc1ccc2c(c1)NC(=O)C2C[C@@H](C#N)NC=O. The number of carbonyl (C=O) groups excluding carboxylic acids is 2. The van der Waals surface area contributed by atoms with Crippen LogP contribution in [0.3, 0.4) is 0 Å². The van der Waals surface area contributed by atoms with Gasteiger partial charge >= 0.3 is 0 Å². The number of amides is 2. The molecule has 0 aromatic heterocycles. The second-order valence-corrected chi connectivity index (χ2v) is 4.33. The highest BCUT2D eigenvalue weighted by atomic mass is 16.2. The average Bonchev–Trinajstić information content (AvgIpc) is 2.64. The van der Waals surface area contributed by atoms with Crippen molar-refractivity contribution in [2.45, 2.75) is 25.3 Å². The molecule has 5 heteroatoms. The van der Waals surface area contributed by atoms with Gasteiger partial charge in [0.25, 0.3) is 0 Å². The zero-order chi connectivity index (χ0) is 13.1. The average molecular weight is 243 g/mol. The van der Waals surface area contributed by atoms with Gasteiger partial charge in [0.2, 0.25) is 12.3 Å². The van der Waals surface area contributed by atoms with Gasteiger partial charge in [0.15, 0.2) is 0 Å². The Morgan fingerprint density at radius 3 is 3.06 bits per heavy atom. The first-order chi connectivity index (χ1) is 8.65. The number of rotatable bonds is 4. The zero-order valence-corrected chi connectivity index (χ0v) is 9.93. The highest BCUT2D eigenvalue weighted by Crippen LogP contribution is 2.35. The Morgan fingerprint density at radius 2 is 2.39 bits per heavy atom. The number of aryl methyl sites for hydroxylation is 1. The van der Waals surface area contributed by atoms with Gasteiger partial charge in [-0.1, -0.05) is 12.1 Å². The molecule has 2 atom stereocenters. The first-order valence-electron chi connectivity index (χ1n) is 5.66. The van der Waals surface area contributed by atoms with Gasteiger partial charge in [0.1, 0.15) is 6.04 Å². The highest BCUT2D eigenvalue weighted by molar-refractivity contribution is 6.03. The fourth-order valence-corrected chi connectivity index (χ4v) is 2.15. The monoisotopic (exact) mass is 243 g/mol. The van der Waals surface area contributed by atoms with Crippen LogP contribution in [0.15, 0.2) is 18.2 Å². The summed E-state index contributed by atoms with van der Waals surface area (Å²) in [6, 6.07) is 7.05. The molecule has 0 saturated heterocycles. The molecule has 0 bridgehead atoms. The largest absolute Gasteiger partial charge is 0.343 e. The standard InChI is InChI=1S/C13H13N3O2/c1-8-2-3-10-11(5-9(6-14)15-7-17)13(18)16-12(10)4-8/h2-4,7,9,11H,5H2,1H3,(H,15,17)(H,16,18)/t9-,11?/m0/s1. The highest BCUT2D eigenvalue weighted by Gasteiger charge is 2.32. The normalized spacial score (nSPS) is 18.4. The molecule has 1 aliphatic heterocycles. The number of anilines is 1. The summed E-state index contributed by atoms with van der Waals surface area (Å²) in [5.74, 6) is -0.499. The minimum atomic E-state index is -0.648. The number of benzene rings is 1. The van der Waals surface area contributed by atoms with E-state index in [2.05, 4.69) is 10.6 Å². The van der Waals surface area contributed by atoms with E-state index in [1.165, 1.54) is 0 Å². The molecule has 1 aromatic carbocycles. The van der Waals surface area contributed by atoms with Gasteiger partial charge in [-0.25, -0.2) is 0 Å². The predicted octanol–water partition coefficient (Wildman–Crippen LogP) is 1.06. The van der Waals surface area contributed by atoms with Gasteiger partial charge in [0.05, 0.1) is 12.0 Å². The maximum atomic E-state index is 11.9. The molecular formula is C13H13N3O2. The zero-order valence-electron chi connectivity index (χ0n) is 9.93. The van der Waals surface area contributed by atoms with E-state index in [-0.39, 0.29) is 18.2 Å². The lowest BCUT2D eigenvalue weighted by Gasteiger charge is -2.12. The smallest absolute Gasteiger partial charge is 0.232 e. The van der Waals surface area contributed by atoms with E-state index in [0.29, 0.717) is 6.41 Å². The van der Waals surface area contributed by atoms with Gasteiger partial charge in [-0.05, 0) is 30.5 Å². The number of carbonyl (C=O) groups is 2. The summed E-state index contributed by atoms with van der Waals surface area (Å²) in [6.45, 7) is 1.95. The molecule has 1 unspecified atom stereocenters. The molecule has 2 rings (SSSR count). The van der Waals surface area contributed by atoms with Crippen LogP contribution in [-0.2, 0) is 9.59 Å². The number of hydrogen-bond donors (Lipinski definition) is 2. The summed E-state index contributed by atoms with van der Waals surface area (Å²) >= 11 is 0. The van der Waals surface area contributed by atoms with E-state index in [1.54, 1.807) is 0 Å². The molecule has 1 aliphatic rings. The third-order valence-corrected chi connectivity index (χ3v) is 3.06. The van der Waals surface area contributed by atoms with Gasteiger partial charge in [0, 0.05) is 5.69 Å². The Kier molecular flexibility index (Phi) is 3.28. The van der Waals surface area contributed by atoms with Crippen LogP contribution in [0, 0.1) is 18.3 Å². The molecule has 1 heterocycles. The van der Waals surface area contributed by atoms with E-state index in [0.717, 1.165) is 16.8 Å². The van der Waals surface area contributed by atoms with E-state index in [4.69, 9.17) is 5.26 Å². The summed E-state index contributed by atoms with van der Waals surface area (Å²) < 4.78 is 0. The van der Waals surface area contributed by atoms with Gasteiger partial charge < -0.3 is 10.6 Å². The van der Waals surface area contributed by atoms with Crippen LogP contribution in [0.25, 0.3) is 0 Å². The van der Waals surface area contributed by atoms with Crippen molar-refractivity contribution in [1.29, 1.82) is 5.26 Å². The molecule has 92 valence electrons. The minimum Gasteiger partial charge on any atom is -0.343 e. The van der Waals surface area contributed by atoms with Gasteiger partial charge in [-0.15, -0.1) is 0 Å². The first-order valence-corrected chi connectivity index (χ1v) is 5.66. The maximum Gasteiger partial charge on any atom is 0.232 e. The molecular weight excluding hydrogens is 230 g/mol. The molecule has 0 saturated carbocycles. The van der Waals surface area contributed by atoms with Gasteiger partial charge in [-0.3, -0.25) is 9.59 Å². The van der Waals surface area contributed by atoms with Crippen molar-refractivity contribution >= 4 is 18.0 Å². The number of nitrogens with one attached hydrogen (secondary N) is 2. The van der Waals surface area contributed by atoms with Crippen molar-refractivity contribution < 1.29 is 9.59 Å². The fraction of sp³-hybridized carbons (Fsp3) is 0.308. The second-order valence-electron chi connectivity index (χ2n) is 4.33. The fourth-order valence-electron chi connectivity index (χ4n) is 2.15. The van der Waals surface area contributed by atoms with Crippen molar-refractivity contribution in [2.75, 3.05) is 5.32 Å². The molecule has 1 aromatic rings. The van der Waals surface area contributed by atoms with E-state index >= 15 is 0 Å². The van der Waals surface area contributed by atoms with Crippen molar-refractivity contribution in [1.82, 2.24) is 5.32 Å². The molecule has 0 aliphatic carbocycles. The summed E-state index contributed by atoms with van der Waals surface area (Å²) in [5.41, 5.74) is 2.75. The minimum absolute atomic E-state index is 0.122. The lowest BCUT2D eigenvalue weighted by molar-refractivity contribution is -0.117. The predicted molar refractivity (Wildman–Crippen MR) is 65.8 cm³/mol.